The van der Waals surface area contributed by atoms with Crippen LogP contribution >= 0.6 is 0 Å². The predicted molar refractivity (Wildman–Crippen MR) is 79.5 cm³/mol. The molecular weight excluding hydrogens is 238 g/mol. The van der Waals surface area contributed by atoms with Gasteiger partial charge in [-0.1, -0.05) is 25.5 Å². The summed E-state index contributed by atoms with van der Waals surface area (Å²) in [5.74, 6) is 0.937. The van der Waals surface area contributed by atoms with E-state index in [1.54, 1.807) is 0 Å². The van der Waals surface area contributed by atoms with Gasteiger partial charge >= 0.3 is 0 Å². The smallest absolute Gasteiger partial charge is 0.119 e. The third kappa shape index (κ3) is 6.60. The summed E-state index contributed by atoms with van der Waals surface area (Å²) < 4.78 is 5.63. The highest BCUT2D eigenvalue weighted by Gasteiger charge is 2.15. The van der Waals surface area contributed by atoms with Crippen molar-refractivity contribution in [3.8, 4) is 5.75 Å². The van der Waals surface area contributed by atoms with E-state index in [-0.39, 0.29) is 12.1 Å². The fraction of sp³-hybridized carbons (Fsp3) is 0.625. The van der Waals surface area contributed by atoms with Crippen LogP contribution in [-0.2, 0) is 6.54 Å². The topological polar surface area (TPSA) is 41.5 Å². The van der Waals surface area contributed by atoms with Gasteiger partial charge in [-0.05, 0) is 44.4 Å². The van der Waals surface area contributed by atoms with Crippen LogP contribution in [0.25, 0.3) is 0 Å². The summed E-state index contributed by atoms with van der Waals surface area (Å²) in [6.07, 6.45) is 3.01. The van der Waals surface area contributed by atoms with Crippen LogP contribution in [0.3, 0.4) is 0 Å². The summed E-state index contributed by atoms with van der Waals surface area (Å²) in [5.41, 5.74) is 1.19. The predicted octanol–water partition coefficient (Wildman–Crippen LogP) is 3.12. The highest BCUT2D eigenvalue weighted by atomic mass is 16.5. The number of aliphatic hydroxyl groups is 1. The Morgan fingerprint density at radius 3 is 2.47 bits per heavy atom. The van der Waals surface area contributed by atoms with Crippen molar-refractivity contribution < 1.29 is 9.84 Å². The maximum atomic E-state index is 8.98. The van der Waals surface area contributed by atoms with E-state index in [9.17, 15) is 0 Å². The molecule has 0 aromatic heterocycles. The SMILES string of the molecule is CCCCOc1ccc(CNC(C)(C)CCO)cc1. The van der Waals surface area contributed by atoms with Gasteiger partial charge < -0.3 is 15.2 Å². The van der Waals surface area contributed by atoms with Gasteiger partial charge in [0.1, 0.15) is 5.75 Å². The maximum Gasteiger partial charge on any atom is 0.119 e. The first kappa shape index (κ1) is 16.0. The van der Waals surface area contributed by atoms with Gasteiger partial charge in [-0.3, -0.25) is 0 Å². The largest absolute Gasteiger partial charge is 0.494 e. The molecule has 0 bridgehead atoms. The van der Waals surface area contributed by atoms with Crippen LogP contribution in [0.4, 0.5) is 0 Å². The molecule has 0 atom stereocenters. The molecule has 2 N–H and O–H groups in total. The lowest BCUT2D eigenvalue weighted by molar-refractivity contribution is 0.230. The Balaban J connectivity index is 2.39. The molecule has 0 unspecified atom stereocenters. The molecule has 19 heavy (non-hydrogen) atoms. The maximum absolute atomic E-state index is 8.98. The Kier molecular flexibility index (Phi) is 6.89. The van der Waals surface area contributed by atoms with Gasteiger partial charge in [0.25, 0.3) is 0 Å². The Labute approximate surface area is 117 Å². The van der Waals surface area contributed by atoms with E-state index < -0.39 is 0 Å². The zero-order valence-electron chi connectivity index (χ0n) is 12.4. The van der Waals surface area contributed by atoms with Crippen molar-refractivity contribution in [3.05, 3.63) is 29.8 Å². The van der Waals surface area contributed by atoms with Gasteiger partial charge in [-0.25, -0.2) is 0 Å². The van der Waals surface area contributed by atoms with Gasteiger partial charge in [-0.15, -0.1) is 0 Å². The lowest BCUT2D eigenvalue weighted by atomic mass is 10.0. The summed E-state index contributed by atoms with van der Waals surface area (Å²) in [6, 6.07) is 8.21. The minimum absolute atomic E-state index is 0.0367. The first-order valence-corrected chi connectivity index (χ1v) is 7.15. The third-order valence-electron chi connectivity index (χ3n) is 3.20. The van der Waals surface area contributed by atoms with E-state index in [0.29, 0.717) is 0 Å². The lowest BCUT2D eigenvalue weighted by Crippen LogP contribution is -2.39. The minimum atomic E-state index is -0.0367. The second-order valence-electron chi connectivity index (χ2n) is 5.56. The average molecular weight is 265 g/mol. The van der Waals surface area contributed by atoms with Crippen molar-refractivity contribution >= 4 is 0 Å². The fourth-order valence-corrected chi connectivity index (χ4v) is 1.75. The first-order valence-electron chi connectivity index (χ1n) is 7.15. The summed E-state index contributed by atoms with van der Waals surface area (Å²) in [6.45, 7) is 8.17. The molecule has 3 nitrogen and oxygen atoms in total. The molecule has 108 valence electrons. The minimum Gasteiger partial charge on any atom is -0.494 e. The Bertz CT molecular complexity index is 346. The van der Waals surface area contributed by atoms with Crippen LogP contribution in [0, 0.1) is 0 Å². The standard InChI is InChI=1S/C16H27NO2/c1-4-5-12-19-15-8-6-14(7-9-15)13-17-16(2,3)10-11-18/h6-9,17-18H,4-5,10-13H2,1-3H3. The highest BCUT2D eigenvalue weighted by Crippen LogP contribution is 2.14. The molecule has 1 rings (SSSR count). The number of ether oxygens (including phenoxy) is 1. The van der Waals surface area contributed by atoms with Crippen LogP contribution in [0.2, 0.25) is 0 Å². The second-order valence-corrected chi connectivity index (χ2v) is 5.56. The molecule has 1 aromatic rings. The number of nitrogens with one attached hydrogen (secondary N) is 1. The van der Waals surface area contributed by atoms with E-state index in [2.05, 4.69) is 38.2 Å². The fourth-order valence-electron chi connectivity index (χ4n) is 1.75. The van der Waals surface area contributed by atoms with Gasteiger partial charge in [-0.2, -0.15) is 0 Å². The molecular formula is C16H27NO2. The van der Waals surface area contributed by atoms with E-state index in [1.165, 1.54) is 5.56 Å². The van der Waals surface area contributed by atoms with E-state index >= 15 is 0 Å². The molecule has 0 aliphatic carbocycles. The van der Waals surface area contributed by atoms with Crippen molar-refractivity contribution in [2.45, 2.75) is 52.1 Å². The van der Waals surface area contributed by atoms with E-state index in [1.807, 2.05) is 12.1 Å². The summed E-state index contributed by atoms with van der Waals surface area (Å²) in [7, 11) is 0. The average Bonchev–Trinajstić information content (AvgIpc) is 2.38. The van der Waals surface area contributed by atoms with Crippen molar-refractivity contribution in [2.24, 2.45) is 0 Å². The number of rotatable bonds is 9. The monoisotopic (exact) mass is 265 g/mol. The van der Waals surface area contributed by atoms with Crippen LogP contribution in [-0.4, -0.2) is 23.9 Å². The Morgan fingerprint density at radius 1 is 1.21 bits per heavy atom. The van der Waals surface area contributed by atoms with Gasteiger partial charge in [0.2, 0.25) is 0 Å². The molecule has 3 heteroatoms. The van der Waals surface area contributed by atoms with Crippen LogP contribution in [0.15, 0.2) is 24.3 Å². The molecule has 0 aliphatic heterocycles. The quantitative estimate of drug-likeness (QED) is 0.674. The van der Waals surface area contributed by atoms with Gasteiger partial charge in [0.05, 0.1) is 6.61 Å². The molecule has 0 heterocycles. The normalized spacial score (nSPS) is 11.6. The van der Waals surface area contributed by atoms with Crippen molar-refractivity contribution in [1.29, 1.82) is 0 Å². The van der Waals surface area contributed by atoms with Gasteiger partial charge in [0, 0.05) is 18.7 Å². The second kappa shape index (κ2) is 8.18. The number of hydrogen-bond acceptors (Lipinski definition) is 3. The van der Waals surface area contributed by atoms with E-state index in [4.69, 9.17) is 9.84 Å². The zero-order valence-corrected chi connectivity index (χ0v) is 12.4. The molecule has 0 saturated heterocycles. The lowest BCUT2D eigenvalue weighted by Gasteiger charge is -2.25. The molecule has 0 amide bonds. The third-order valence-corrected chi connectivity index (χ3v) is 3.20. The van der Waals surface area contributed by atoms with Gasteiger partial charge in [0.15, 0.2) is 0 Å². The van der Waals surface area contributed by atoms with Crippen LogP contribution in [0.5, 0.6) is 5.75 Å². The number of unbranched alkanes of at least 4 members (excludes halogenated alkanes) is 1. The summed E-state index contributed by atoms with van der Waals surface area (Å²) in [4.78, 5) is 0. The molecule has 0 radical (unpaired) electrons. The molecule has 0 spiro atoms. The molecule has 1 aromatic carbocycles. The van der Waals surface area contributed by atoms with E-state index in [0.717, 1.165) is 38.2 Å². The van der Waals surface area contributed by atoms with Crippen molar-refractivity contribution in [1.82, 2.24) is 5.32 Å². The Morgan fingerprint density at radius 2 is 1.89 bits per heavy atom. The van der Waals surface area contributed by atoms with Crippen LogP contribution < -0.4 is 10.1 Å². The Hall–Kier alpha value is -1.06. The van der Waals surface area contributed by atoms with Crippen LogP contribution in [0.1, 0.15) is 45.6 Å². The van der Waals surface area contributed by atoms with Crippen molar-refractivity contribution in [3.63, 3.8) is 0 Å². The number of aliphatic hydroxyl groups excluding tert-OH is 1. The molecule has 0 saturated carbocycles. The number of hydrogen-bond donors (Lipinski definition) is 2. The van der Waals surface area contributed by atoms with Crippen molar-refractivity contribution in [2.75, 3.05) is 13.2 Å². The first-order chi connectivity index (χ1) is 9.07. The highest BCUT2D eigenvalue weighted by molar-refractivity contribution is 5.27. The molecule has 0 aliphatic rings. The molecule has 0 fully saturated rings. The number of benzene rings is 1. The zero-order chi connectivity index (χ0) is 14.1. The summed E-state index contributed by atoms with van der Waals surface area (Å²) in [5, 5.41) is 12.4. The summed E-state index contributed by atoms with van der Waals surface area (Å²) >= 11 is 0.